The molecule has 0 aliphatic carbocycles. The molecule has 4 nitrogen and oxygen atoms in total. The minimum atomic E-state index is -3.15. The summed E-state index contributed by atoms with van der Waals surface area (Å²) in [5.74, 6) is -61.3. The van der Waals surface area contributed by atoms with Crippen molar-refractivity contribution >= 4 is 46.4 Å². The number of benzene rings is 4. The van der Waals surface area contributed by atoms with E-state index in [0.29, 0.717) is 6.08 Å². The first-order chi connectivity index (χ1) is 32.1. The standard InChI is InChI=1S/C44H10F20N4.Ir/c45-23-20(24(46)30(52)35(57)29(23)51)17-15-6-5-13(67-15)8-12-2-1-10(65-12)7-11-3-4-14(66-11)9-16-18(21-25(47)31(53)36(58)32(54)26(21)48)19(22-27(49)33(55)37(59)34(56)28(22)50)43(17)68(16)44-41(63)39(61)38(60)40(62)42(44)64;/h1-9,65H;. The second-order valence-electron chi connectivity index (χ2n) is 14.3. The van der Waals surface area contributed by atoms with Crippen molar-refractivity contribution in [1.82, 2.24) is 19.5 Å². The summed E-state index contributed by atoms with van der Waals surface area (Å²) in [6, 6.07) is 5.15. The van der Waals surface area contributed by atoms with Crippen LogP contribution in [0.3, 0.4) is 0 Å². The minimum absolute atomic E-state index is 0. The van der Waals surface area contributed by atoms with Gasteiger partial charge in [-0.1, -0.05) is 0 Å². The van der Waals surface area contributed by atoms with Gasteiger partial charge >= 0.3 is 0 Å². The summed E-state index contributed by atoms with van der Waals surface area (Å²) in [7, 11) is 0. The van der Waals surface area contributed by atoms with Crippen molar-refractivity contribution in [3.8, 4) is 39.1 Å². The number of aromatic amines is 1. The monoisotopic (exact) mass is 1170 g/mol. The summed E-state index contributed by atoms with van der Waals surface area (Å²) in [5.41, 5.74) is -24.1. The molecule has 8 bridgehead atoms. The molecule has 355 valence electrons. The molecular formula is C44H10F20IrN4. The molecule has 2 aliphatic heterocycles. The van der Waals surface area contributed by atoms with Crippen LogP contribution < -0.4 is 0 Å². The van der Waals surface area contributed by atoms with Crippen LogP contribution in [-0.4, -0.2) is 19.5 Å². The van der Waals surface area contributed by atoms with Gasteiger partial charge in [-0.2, -0.15) is 0 Å². The van der Waals surface area contributed by atoms with Crippen molar-refractivity contribution in [2.24, 2.45) is 0 Å². The third kappa shape index (κ3) is 7.10. The molecule has 4 aromatic carbocycles. The zero-order valence-corrected chi connectivity index (χ0v) is 34.8. The number of aromatic nitrogens is 4. The van der Waals surface area contributed by atoms with E-state index in [2.05, 4.69) is 15.0 Å². The Bertz CT molecular complexity index is 3590. The smallest absolute Gasteiger partial charge is 0.200 e. The summed E-state index contributed by atoms with van der Waals surface area (Å²) in [6.07, 6.45) is 3.17. The Hall–Kier alpha value is -7.27. The molecule has 7 aromatic rings. The Kier molecular flexibility index (Phi) is 11.9. The van der Waals surface area contributed by atoms with Crippen LogP contribution in [0, 0.1) is 116 Å². The van der Waals surface area contributed by atoms with Crippen LogP contribution in [0.1, 0.15) is 22.8 Å². The normalized spacial score (nSPS) is 12.1. The summed E-state index contributed by atoms with van der Waals surface area (Å²) in [4.78, 5) is 10.8. The topological polar surface area (TPSA) is 46.5 Å². The first-order valence-corrected chi connectivity index (χ1v) is 18.3. The van der Waals surface area contributed by atoms with Gasteiger partial charge in [0.15, 0.2) is 93.1 Å². The molecule has 3 aromatic heterocycles. The summed E-state index contributed by atoms with van der Waals surface area (Å²) >= 11 is 0. The maximum absolute atomic E-state index is 16.5. The van der Waals surface area contributed by atoms with E-state index in [9.17, 15) is 17.6 Å². The van der Waals surface area contributed by atoms with Crippen molar-refractivity contribution in [3.05, 3.63) is 169 Å². The first kappa shape index (κ1) is 48.2. The zero-order chi connectivity index (χ0) is 49.3. The van der Waals surface area contributed by atoms with E-state index in [1.807, 2.05) is 0 Å². The molecule has 69 heavy (non-hydrogen) atoms. The second-order valence-corrected chi connectivity index (χ2v) is 14.3. The summed E-state index contributed by atoms with van der Waals surface area (Å²) in [6.45, 7) is 0. The van der Waals surface area contributed by atoms with E-state index in [0.717, 1.165) is 24.3 Å². The predicted molar refractivity (Wildman–Crippen MR) is 199 cm³/mol. The molecule has 2 aliphatic rings. The van der Waals surface area contributed by atoms with Gasteiger partial charge in [-0.3, -0.25) is 0 Å². The fourth-order valence-corrected chi connectivity index (χ4v) is 7.53. The van der Waals surface area contributed by atoms with Crippen molar-refractivity contribution in [3.63, 3.8) is 0 Å². The Balaban J connectivity index is 0.00000642. The number of halogens is 20. The number of H-pyrrole nitrogens is 1. The van der Waals surface area contributed by atoms with Gasteiger partial charge in [0.2, 0.25) is 23.3 Å². The Morgan fingerprint density at radius 2 is 0.638 bits per heavy atom. The van der Waals surface area contributed by atoms with Gasteiger partial charge in [-0.05, 0) is 54.6 Å². The van der Waals surface area contributed by atoms with Crippen LogP contribution >= 0.6 is 0 Å². The number of hydrogen-bond acceptors (Lipinski definition) is 2. The van der Waals surface area contributed by atoms with Crippen LogP contribution in [0.5, 0.6) is 0 Å². The molecule has 9 rings (SSSR count). The van der Waals surface area contributed by atoms with E-state index in [1.54, 1.807) is 0 Å². The third-order valence-corrected chi connectivity index (χ3v) is 10.5. The SMILES string of the molecule is Fc1c(F)c(F)c(-c2c(-c3c(F)c(F)c(F)c(F)c3F)c3c(-c4c(F)c(F)c(F)c(F)c4F)c4nc(cc5ccc(cc6nc(cc2n3-c2c(F)c(F)c(F)c(F)c2F)C=C6)[nH]5)C=C4)c(F)c1F.[Ir]. The molecule has 0 amide bonds. The molecule has 1 N–H and O–H groups in total. The molecule has 0 atom stereocenters. The van der Waals surface area contributed by atoms with Crippen molar-refractivity contribution in [2.75, 3.05) is 0 Å². The average molecular weight is 1170 g/mol. The van der Waals surface area contributed by atoms with Gasteiger partial charge in [0.25, 0.3) is 0 Å². The van der Waals surface area contributed by atoms with Crippen LogP contribution in [0.2, 0.25) is 0 Å². The molecule has 0 spiro atoms. The van der Waals surface area contributed by atoms with Gasteiger partial charge in [-0.25, -0.2) is 97.8 Å². The number of hydrogen-bond donors (Lipinski definition) is 1. The van der Waals surface area contributed by atoms with E-state index >= 15 is 70.2 Å². The van der Waals surface area contributed by atoms with Crippen molar-refractivity contribution < 1.29 is 108 Å². The second kappa shape index (κ2) is 17.0. The molecule has 0 saturated heterocycles. The van der Waals surface area contributed by atoms with Crippen LogP contribution in [0.15, 0.2) is 30.3 Å². The van der Waals surface area contributed by atoms with Crippen LogP contribution in [0.25, 0.3) is 85.4 Å². The maximum Gasteiger partial charge on any atom is 0.200 e. The molecule has 1 radical (unpaired) electrons. The minimum Gasteiger partial charge on any atom is -0.355 e. The fourth-order valence-electron chi connectivity index (χ4n) is 7.53. The van der Waals surface area contributed by atoms with Crippen LogP contribution in [0.4, 0.5) is 87.8 Å². The van der Waals surface area contributed by atoms with Gasteiger partial charge < -0.3 is 9.55 Å². The van der Waals surface area contributed by atoms with Crippen molar-refractivity contribution in [2.45, 2.75) is 0 Å². The number of nitrogens with zero attached hydrogens (tertiary/aromatic N) is 3. The molecular weight excluding hydrogens is 1160 g/mol. The van der Waals surface area contributed by atoms with Gasteiger partial charge in [0, 0.05) is 47.8 Å². The van der Waals surface area contributed by atoms with Gasteiger partial charge in [-0.15, -0.1) is 0 Å². The molecule has 0 saturated carbocycles. The first-order valence-electron chi connectivity index (χ1n) is 18.3. The largest absolute Gasteiger partial charge is 0.355 e. The molecule has 0 fully saturated rings. The average Bonchev–Trinajstić information content (AvgIpc) is 4.14. The Labute approximate surface area is 381 Å². The zero-order valence-electron chi connectivity index (χ0n) is 32.4. The van der Waals surface area contributed by atoms with E-state index in [-0.39, 0.29) is 42.9 Å². The molecule has 0 unspecified atom stereocenters. The Morgan fingerprint density at radius 3 is 1.06 bits per heavy atom. The van der Waals surface area contributed by atoms with E-state index in [1.165, 1.54) is 18.2 Å². The number of nitrogens with one attached hydrogen (secondary N) is 1. The summed E-state index contributed by atoms with van der Waals surface area (Å²) < 4.78 is 313. The quantitative estimate of drug-likeness (QED) is 0.108. The van der Waals surface area contributed by atoms with E-state index in [4.69, 9.17) is 0 Å². The van der Waals surface area contributed by atoms with Crippen LogP contribution in [-0.2, 0) is 20.1 Å². The fraction of sp³-hybridized carbons (Fsp3) is 0. The maximum atomic E-state index is 16.5. The van der Waals surface area contributed by atoms with Crippen molar-refractivity contribution in [1.29, 1.82) is 0 Å². The number of rotatable bonds is 4. The van der Waals surface area contributed by atoms with Gasteiger partial charge in [0.05, 0.1) is 50.5 Å². The molecule has 5 heterocycles. The van der Waals surface area contributed by atoms with E-state index < -0.39 is 188 Å². The Morgan fingerprint density at radius 1 is 0.319 bits per heavy atom. The number of fused-ring (bicyclic) bond motifs is 8. The third-order valence-electron chi connectivity index (χ3n) is 10.5. The van der Waals surface area contributed by atoms with Gasteiger partial charge in [0.1, 0.15) is 5.69 Å². The summed E-state index contributed by atoms with van der Waals surface area (Å²) in [5, 5.41) is 0. The predicted octanol–water partition coefficient (Wildman–Crippen LogP) is 13.9. The molecule has 25 heteroatoms.